The Kier molecular flexibility index (Phi) is 4.78. The Morgan fingerprint density at radius 1 is 1.08 bits per heavy atom. The lowest BCUT2D eigenvalue weighted by Crippen LogP contribution is -2.52. The monoisotopic (exact) mass is 383 g/mol. The Morgan fingerprint density at radius 2 is 1.65 bits per heavy atom. The fraction of sp³-hybridized carbons (Fsp3) is 0.200. The summed E-state index contributed by atoms with van der Waals surface area (Å²) in [6, 6.07) is 19.3. The molecule has 4 nitrogen and oxygen atoms in total. The van der Waals surface area contributed by atoms with Crippen molar-refractivity contribution in [3.63, 3.8) is 0 Å². The molecular weight excluding hydrogens is 366 g/mol. The number of fused-ring (bicyclic) bond motifs is 1. The second kappa shape index (κ2) is 7.21. The minimum absolute atomic E-state index is 0.0231. The van der Waals surface area contributed by atoms with Crippen LogP contribution in [0.1, 0.15) is 30.6 Å². The summed E-state index contributed by atoms with van der Waals surface area (Å²) in [5.41, 5.74) is 2.18. The Labute approximate surface area is 160 Å². The predicted octanol–water partition coefficient (Wildman–Crippen LogP) is 4.50. The first-order valence-corrected chi connectivity index (χ1v) is 10.5. The molecule has 1 amide bonds. The maximum atomic E-state index is 13.0. The third kappa shape index (κ3) is 3.15. The zero-order valence-electron chi connectivity index (χ0n) is 14.1. The van der Waals surface area contributed by atoms with Crippen molar-refractivity contribution in [3.8, 4) is 0 Å². The highest BCUT2D eigenvalue weighted by atomic mass is 33.1. The summed E-state index contributed by atoms with van der Waals surface area (Å²) < 4.78 is 5.92. The highest BCUT2D eigenvalue weighted by Gasteiger charge is 2.46. The van der Waals surface area contributed by atoms with E-state index in [1.54, 1.807) is 15.7 Å². The van der Waals surface area contributed by atoms with Crippen molar-refractivity contribution in [2.24, 2.45) is 0 Å². The third-order valence-corrected chi connectivity index (χ3v) is 7.23. The first-order valence-electron chi connectivity index (χ1n) is 8.32. The molecule has 26 heavy (non-hydrogen) atoms. The van der Waals surface area contributed by atoms with Gasteiger partial charge in [-0.1, -0.05) is 82.3 Å². The molecule has 132 valence electrons. The summed E-state index contributed by atoms with van der Waals surface area (Å²) in [6.45, 7) is 1.86. The topological polar surface area (TPSA) is 46.6 Å². The van der Waals surface area contributed by atoms with E-state index in [2.05, 4.69) is 0 Å². The molecule has 0 N–H and O–H groups in total. The first kappa shape index (κ1) is 17.2. The number of benzene rings is 2. The van der Waals surface area contributed by atoms with Gasteiger partial charge in [0.05, 0.1) is 6.42 Å². The number of allylic oxidation sites excluding steroid dienone is 1. The highest BCUT2D eigenvalue weighted by molar-refractivity contribution is 8.78. The second-order valence-electron chi connectivity index (χ2n) is 6.11. The van der Waals surface area contributed by atoms with Gasteiger partial charge >= 0.3 is 5.97 Å². The smallest absolute Gasteiger partial charge is 0.356 e. The van der Waals surface area contributed by atoms with Gasteiger partial charge in [-0.25, -0.2) is 4.79 Å². The van der Waals surface area contributed by atoms with Gasteiger partial charge in [0.15, 0.2) is 6.10 Å². The summed E-state index contributed by atoms with van der Waals surface area (Å²) in [4.78, 5) is 27.4. The number of amides is 1. The molecule has 0 unspecified atom stereocenters. The van der Waals surface area contributed by atoms with Gasteiger partial charge in [0.2, 0.25) is 5.91 Å². The van der Waals surface area contributed by atoms with Gasteiger partial charge in [-0.05, 0) is 18.1 Å². The molecule has 1 fully saturated rings. The van der Waals surface area contributed by atoms with E-state index in [0.717, 1.165) is 16.0 Å². The summed E-state index contributed by atoms with van der Waals surface area (Å²) in [5, 5.41) is 0.0330. The van der Waals surface area contributed by atoms with Gasteiger partial charge in [0, 0.05) is 4.91 Å². The Balaban J connectivity index is 1.66. The number of esters is 1. The number of ether oxygens (including phenoxy) is 1. The van der Waals surface area contributed by atoms with E-state index in [0.29, 0.717) is 12.1 Å². The van der Waals surface area contributed by atoms with Crippen LogP contribution in [0, 0.1) is 0 Å². The molecule has 2 heterocycles. The molecule has 0 aromatic heterocycles. The van der Waals surface area contributed by atoms with Crippen molar-refractivity contribution in [2.45, 2.75) is 24.8 Å². The highest BCUT2D eigenvalue weighted by Crippen LogP contribution is 2.49. The SMILES string of the molecule is CC1=C(C(=O)OC(c2ccccc2)c2ccccc2)N2C(=O)C[C@H]2SS1. The molecule has 2 aromatic rings. The lowest BCUT2D eigenvalue weighted by atomic mass is 10.0. The van der Waals surface area contributed by atoms with Crippen LogP contribution < -0.4 is 0 Å². The molecule has 0 bridgehead atoms. The van der Waals surface area contributed by atoms with E-state index in [4.69, 9.17) is 4.74 Å². The van der Waals surface area contributed by atoms with Crippen molar-refractivity contribution in [3.05, 3.63) is 82.4 Å². The van der Waals surface area contributed by atoms with Gasteiger partial charge in [0.1, 0.15) is 11.1 Å². The quantitative estimate of drug-likeness (QED) is 0.442. The molecule has 0 radical (unpaired) electrons. The zero-order valence-corrected chi connectivity index (χ0v) is 15.8. The minimum atomic E-state index is -0.514. The van der Waals surface area contributed by atoms with Gasteiger partial charge in [-0.15, -0.1) is 0 Å². The molecule has 4 rings (SSSR count). The summed E-state index contributed by atoms with van der Waals surface area (Å²) in [7, 11) is 3.15. The van der Waals surface area contributed by atoms with E-state index in [1.807, 2.05) is 67.6 Å². The lowest BCUT2D eigenvalue weighted by Gasteiger charge is -2.43. The van der Waals surface area contributed by atoms with E-state index in [1.165, 1.54) is 10.8 Å². The lowest BCUT2D eigenvalue weighted by molar-refractivity contribution is -0.151. The predicted molar refractivity (Wildman–Crippen MR) is 104 cm³/mol. The first-order chi connectivity index (χ1) is 12.6. The summed E-state index contributed by atoms with van der Waals surface area (Å²) in [5.74, 6) is -0.476. The van der Waals surface area contributed by atoms with Gasteiger partial charge in [-0.3, -0.25) is 9.69 Å². The molecule has 2 aliphatic rings. The van der Waals surface area contributed by atoms with Crippen molar-refractivity contribution in [1.82, 2.24) is 4.90 Å². The average Bonchev–Trinajstić information content (AvgIpc) is 2.67. The largest absolute Gasteiger partial charge is 0.448 e. The molecule has 1 atom stereocenters. The Bertz CT molecular complexity index is 828. The van der Waals surface area contributed by atoms with Crippen LogP contribution in [-0.2, 0) is 14.3 Å². The zero-order chi connectivity index (χ0) is 18.1. The molecule has 1 saturated heterocycles. The number of hydrogen-bond acceptors (Lipinski definition) is 5. The molecular formula is C20H17NO3S2. The van der Waals surface area contributed by atoms with Crippen molar-refractivity contribution in [1.29, 1.82) is 0 Å². The number of hydrogen-bond donors (Lipinski definition) is 0. The summed E-state index contributed by atoms with van der Waals surface area (Å²) in [6.07, 6.45) is -0.0395. The maximum absolute atomic E-state index is 13.0. The van der Waals surface area contributed by atoms with Gasteiger partial charge < -0.3 is 4.74 Å². The molecule has 0 saturated carbocycles. The second-order valence-corrected chi connectivity index (χ2v) is 8.71. The molecule has 6 heteroatoms. The minimum Gasteiger partial charge on any atom is -0.448 e. The van der Waals surface area contributed by atoms with Crippen LogP contribution in [0.2, 0.25) is 0 Å². The molecule has 0 spiro atoms. The number of nitrogens with zero attached hydrogens (tertiary/aromatic N) is 1. The third-order valence-electron chi connectivity index (χ3n) is 4.39. The van der Waals surface area contributed by atoms with Crippen LogP contribution in [0.25, 0.3) is 0 Å². The number of β-lactam (4-membered cyclic amide) rings is 1. The van der Waals surface area contributed by atoms with E-state index < -0.39 is 12.1 Å². The Morgan fingerprint density at radius 3 is 2.19 bits per heavy atom. The fourth-order valence-corrected chi connectivity index (χ4v) is 5.56. The molecule has 2 aromatic carbocycles. The van der Waals surface area contributed by atoms with Crippen LogP contribution in [-0.4, -0.2) is 22.2 Å². The van der Waals surface area contributed by atoms with Gasteiger partial charge in [-0.2, -0.15) is 0 Å². The van der Waals surface area contributed by atoms with Crippen LogP contribution in [0.5, 0.6) is 0 Å². The van der Waals surface area contributed by atoms with Crippen LogP contribution in [0.3, 0.4) is 0 Å². The average molecular weight is 383 g/mol. The van der Waals surface area contributed by atoms with E-state index in [9.17, 15) is 9.59 Å². The van der Waals surface area contributed by atoms with E-state index in [-0.39, 0.29) is 11.3 Å². The van der Waals surface area contributed by atoms with Crippen LogP contribution in [0.15, 0.2) is 71.3 Å². The van der Waals surface area contributed by atoms with E-state index >= 15 is 0 Å². The molecule has 2 aliphatic heterocycles. The van der Waals surface area contributed by atoms with Crippen molar-refractivity contribution < 1.29 is 14.3 Å². The Hall–Kier alpha value is -2.18. The number of rotatable bonds is 4. The van der Waals surface area contributed by atoms with Crippen LogP contribution >= 0.6 is 21.6 Å². The number of carbonyl (C=O) groups is 2. The number of carbonyl (C=O) groups excluding carboxylic acids is 2. The van der Waals surface area contributed by atoms with Crippen LogP contribution in [0.4, 0.5) is 0 Å². The van der Waals surface area contributed by atoms with Crippen molar-refractivity contribution in [2.75, 3.05) is 0 Å². The van der Waals surface area contributed by atoms with Gasteiger partial charge in [0.25, 0.3) is 0 Å². The molecule has 0 aliphatic carbocycles. The summed E-state index contributed by atoms with van der Waals surface area (Å²) >= 11 is 0. The fourth-order valence-electron chi connectivity index (χ4n) is 3.06. The maximum Gasteiger partial charge on any atom is 0.356 e. The standard InChI is InChI=1S/C20H17NO3S2/c1-13-18(21-16(22)12-17(21)26-25-13)20(23)24-19(14-8-4-2-5-9-14)15-10-6-3-7-11-15/h2-11,17,19H,12H2,1H3/t17-/m1/s1. The van der Waals surface area contributed by atoms with Crippen molar-refractivity contribution >= 4 is 33.5 Å². The normalized spacial score (nSPS) is 19.2.